The molecule has 146 valence electrons. The van der Waals surface area contributed by atoms with Gasteiger partial charge in [-0.25, -0.2) is 13.2 Å². The smallest absolute Gasteiger partial charge is 0.325 e. The lowest BCUT2D eigenvalue weighted by Gasteiger charge is -2.20. The molecule has 1 saturated carbocycles. The number of nitrogens with zero attached hydrogens (tertiary/aromatic N) is 1. The van der Waals surface area contributed by atoms with E-state index in [0.29, 0.717) is 0 Å². The molecule has 2 aliphatic rings. The Hall–Kier alpha value is -2.62. The molecule has 0 spiro atoms. The normalized spacial score (nSPS) is 22.7. The average molecular weight is 395 g/mol. The molecule has 4 amide bonds. The second kappa shape index (κ2) is 6.52. The quantitative estimate of drug-likeness (QED) is 0.483. The highest BCUT2D eigenvalue weighted by atomic mass is 32.2. The van der Waals surface area contributed by atoms with E-state index in [1.807, 2.05) is 0 Å². The van der Waals surface area contributed by atoms with Crippen molar-refractivity contribution in [1.29, 1.82) is 0 Å². The SMILES string of the molecule is CCS(=O)(=O)c1ccc(O)c(NC(=O)CN2C(=O)NC(C)(C3CC3)C2=O)c1. The summed E-state index contributed by atoms with van der Waals surface area (Å²) in [5.74, 6) is -1.56. The van der Waals surface area contributed by atoms with Crippen LogP contribution < -0.4 is 10.6 Å². The molecule has 1 saturated heterocycles. The lowest BCUT2D eigenvalue weighted by molar-refractivity contribution is -0.134. The fraction of sp³-hybridized carbons (Fsp3) is 0.471. The predicted molar refractivity (Wildman–Crippen MR) is 95.8 cm³/mol. The Morgan fingerprint density at radius 1 is 1.37 bits per heavy atom. The first-order chi connectivity index (χ1) is 12.6. The van der Waals surface area contributed by atoms with Gasteiger partial charge in [-0.1, -0.05) is 6.92 Å². The number of phenolic OH excluding ortho intramolecular Hbond substituents is 1. The summed E-state index contributed by atoms with van der Waals surface area (Å²) < 4.78 is 23.9. The van der Waals surface area contributed by atoms with Crippen LogP contribution in [0.25, 0.3) is 0 Å². The maximum Gasteiger partial charge on any atom is 0.325 e. The number of benzene rings is 1. The number of anilines is 1. The highest BCUT2D eigenvalue weighted by Gasteiger charge is 2.56. The molecule has 3 N–H and O–H groups in total. The Bertz CT molecular complexity index is 925. The highest BCUT2D eigenvalue weighted by Crippen LogP contribution is 2.42. The number of imide groups is 1. The summed E-state index contributed by atoms with van der Waals surface area (Å²) in [5, 5.41) is 14.9. The number of urea groups is 1. The van der Waals surface area contributed by atoms with Crippen LogP contribution >= 0.6 is 0 Å². The molecule has 0 aromatic heterocycles. The minimum atomic E-state index is -3.52. The third-order valence-corrected chi connectivity index (χ3v) is 6.71. The summed E-state index contributed by atoms with van der Waals surface area (Å²) >= 11 is 0. The highest BCUT2D eigenvalue weighted by molar-refractivity contribution is 7.91. The molecule has 1 aromatic rings. The van der Waals surface area contributed by atoms with Crippen molar-refractivity contribution in [3.05, 3.63) is 18.2 Å². The second-order valence-electron chi connectivity index (χ2n) is 6.93. The van der Waals surface area contributed by atoms with Gasteiger partial charge in [0.2, 0.25) is 5.91 Å². The van der Waals surface area contributed by atoms with E-state index in [9.17, 15) is 27.9 Å². The molecular formula is C17H21N3O6S. The van der Waals surface area contributed by atoms with Crippen molar-refractivity contribution < 1.29 is 27.9 Å². The summed E-state index contributed by atoms with van der Waals surface area (Å²) in [6, 6.07) is 2.90. The first kappa shape index (κ1) is 19.2. The van der Waals surface area contributed by atoms with E-state index in [0.717, 1.165) is 29.9 Å². The number of phenols is 1. The van der Waals surface area contributed by atoms with E-state index >= 15 is 0 Å². The Kier molecular flexibility index (Phi) is 4.62. The summed E-state index contributed by atoms with van der Waals surface area (Å²) in [5.41, 5.74) is -1.10. The number of carbonyl (C=O) groups is 3. The van der Waals surface area contributed by atoms with Crippen LogP contribution in [0.4, 0.5) is 10.5 Å². The molecule has 1 heterocycles. The lowest BCUT2D eigenvalue weighted by atomic mass is 9.96. The Morgan fingerprint density at radius 3 is 2.63 bits per heavy atom. The van der Waals surface area contributed by atoms with Crippen LogP contribution in [0.3, 0.4) is 0 Å². The maximum absolute atomic E-state index is 12.5. The standard InChI is InChI=1S/C17H21N3O6S/c1-3-27(25,26)11-6-7-13(21)12(8-11)18-14(22)9-20-15(23)17(2,10-4-5-10)19-16(20)24/h6-8,10,21H,3-5,9H2,1-2H3,(H,18,22)(H,19,24). The number of carbonyl (C=O) groups excluding carboxylic acids is 3. The van der Waals surface area contributed by atoms with Crippen molar-refractivity contribution in [1.82, 2.24) is 10.2 Å². The molecule has 1 unspecified atom stereocenters. The molecule has 3 rings (SSSR count). The van der Waals surface area contributed by atoms with Gasteiger partial charge in [0.1, 0.15) is 17.8 Å². The zero-order chi connectivity index (χ0) is 20.0. The molecule has 1 aromatic carbocycles. The third kappa shape index (κ3) is 3.48. The minimum Gasteiger partial charge on any atom is -0.506 e. The van der Waals surface area contributed by atoms with E-state index < -0.39 is 39.8 Å². The van der Waals surface area contributed by atoms with E-state index in [2.05, 4.69) is 10.6 Å². The molecule has 1 atom stereocenters. The number of hydrogen-bond acceptors (Lipinski definition) is 6. The zero-order valence-electron chi connectivity index (χ0n) is 15.0. The maximum atomic E-state index is 12.5. The number of hydrogen-bond donors (Lipinski definition) is 3. The first-order valence-electron chi connectivity index (χ1n) is 8.58. The molecule has 0 radical (unpaired) electrons. The molecule has 0 bridgehead atoms. The van der Waals surface area contributed by atoms with Gasteiger partial charge in [-0.2, -0.15) is 0 Å². The topological polar surface area (TPSA) is 133 Å². The minimum absolute atomic E-state index is 0.0469. The van der Waals surface area contributed by atoms with Crippen LogP contribution in [0.15, 0.2) is 23.1 Å². The van der Waals surface area contributed by atoms with Gasteiger partial charge in [-0.15, -0.1) is 0 Å². The van der Waals surface area contributed by atoms with Crippen molar-refractivity contribution in [2.45, 2.75) is 37.1 Å². The zero-order valence-corrected chi connectivity index (χ0v) is 15.8. The summed E-state index contributed by atoms with van der Waals surface area (Å²) in [6.45, 7) is 2.60. The van der Waals surface area contributed by atoms with Gasteiger partial charge in [-0.3, -0.25) is 14.5 Å². The van der Waals surface area contributed by atoms with E-state index in [-0.39, 0.29) is 28.0 Å². The number of sulfone groups is 1. The number of nitrogens with one attached hydrogen (secondary N) is 2. The number of aromatic hydroxyl groups is 1. The predicted octanol–water partition coefficient (Wildman–Crippen LogP) is 0.845. The Balaban J connectivity index is 1.74. The largest absolute Gasteiger partial charge is 0.506 e. The molecule has 10 heteroatoms. The summed E-state index contributed by atoms with van der Waals surface area (Å²) in [7, 11) is -3.52. The Morgan fingerprint density at radius 2 is 2.04 bits per heavy atom. The van der Waals surface area contributed by atoms with Crippen molar-refractivity contribution in [3.63, 3.8) is 0 Å². The molecular weight excluding hydrogens is 374 g/mol. The third-order valence-electron chi connectivity index (χ3n) is 4.98. The molecule has 2 fully saturated rings. The van der Waals surface area contributed by atoms with Crippen LogP contribution in [-0.2, 0) is 19.4 Å². The van der Waals surface area contributed by atoms with Crippen molar-refractivity contribution in [2.75, 3.05) is 17.6 Å². The van der Waals surface area contributed by atoms with Crippen LogP contribution in [0.2, 0.25) is 0 Å². The van der Waals surface area contributed by atoms with Crippen LogP contribution in [0.1, 0.15) is 26.7 Å². The molecule has 1 aliphatic heterocycles. The van der Waals surface area contributed by atoms with Gasteiger partial charge in [0, 0.05) is 0 Å². The van der Waals surface area contributed by atoms with Gasteiger partial charge >= 0.3 is 6.03 Å². The van der Waals surface area contributed by atoms with Crippen LogP contribution in [0.5, 0.6) is 5.75 Å². The Labute approximate surface area is 156 Å². The molecule has 27 heavy (non-hydrogen) atoms. The first-order valence-corrected chi connectivity index (χ1v) is 10.2. The van der Waals surface area contributed by atoms with Gasteiger partial charge in [0.25, 0.3) is 5.91 Å². The molecule has 9 nitrogen and oxygen atoms in total. The summed E-state index contributed by atoms with van der Waals surface area (Å²) in [4.78, 5) is 37.7. The van der Waals surface area contributed by atoms with Crippen LogP contribution in [-0.4, -0.2) is 54.1 Å². The fourth-order valence-corrected chi connectivity index (χ4v) is 4.01. The van der Waals surface area contributed by atoms with Crippen molar-refractivity contribution in [2.24, 2.45) is 5.92 Å². The average Bonchev–Trinajstić information content (AvgIpc) is 3.43. The monoisotopic (exact) mass is 395 g/mol. The second-order valence-corrected chi connectivity index (χ2v) is 9.21. The van der Waals surface area contributed by atoms with E-state index in [1.165, 1.54) is 13.0 Å². The van der Waals surface area contributed by atoms with Crippen LogP contribution in [0, 0.1) is 5.92 Å². The van der Waals surface area contributed by atoms with Gasteiger partial charge < -0.3 is 15.7 Å². The lowest BCUT2D eigenvalue weighted by Crippen LogP contribution is -2.46. The van der Waals surface area contributed by atoms with Crippen molar-refractivity contribution >= 4 is 33.4 Å². The summed E-state index contributed by atoms with van der Waals surface area (Å²) in [6.07, 6.45) is 1.68. The van der Waals surface area contributed by atoms with Crippen molar-refractivity contribution in [3.8, 4) is 5.75 Å². The number of amides is 4. The van der Waals surface area contributed by atoms with Gasteiger partial charge in [0.05, 0.1) is 16.3 Å². The molecule has 1 aliphatic carbocycles. The van der Waals surface area contributed by atoms with Gasteiger partial charge in [0.15, 0.2) is 9.84 Å². The van der Waals surface area contributed by atoms with E-state index in [4.69, 9.17) is 0 Å². The van der Waals surface area contributed by atoms with E-state index in [1.54, 1.807) is 6.92 Å². The van der Waals surface area contributed by atoms with Gasteiger partial charge in [-0.05, 0) is 43.9 Å². The number of rotatable bonds is 6. The fourth-order valence-electron chi connectivity index (χ4n) is 3.11.